The lowest BCUT2D eigenvalue weighted by Crippen LogP contribution is -2.33. The Morgan fingerprint density at radius 1 is 1.16 bits per heavy atom. The molecular formula is C24H18N4O4. The van der Waals surface area contributed by atoms with Crippen molar-refractivity contribution in [3.05, 3.63) is 70.8 Å². The number of aromatic nitrogens is 1. The largest absolute Gasteiger partial charge is 0.432 e. The van der Waals surface area contributed by atoms with Gasteiger partial charge >= 0.3 is 11.9 Å². The van der Waals surface area contributed by atoms with Crippen molar-refractivity contribution in [2.45, 2.75) is 18.3 Å². The maximum atomic E-state index is 13.5. The average Bonchev–Trinajstić information content (AvgIpc) is 3.13. The van der Waals surface area contributed by atoms with E-state index in [1.165, 1.54) is 4.90 Å². The summed E-state index contributed by atoms with van der Waals surface area (Å²) < 4.78 is 5.84. The van der Waals surface area contributed by atoms with Crippen molar-refractivity contribution in [1.29, 1.82) is 0 Å². The van der Waals surface area contributed by atoms with E-state index in [-0.39, 0.29) is 23.0 Å². The predicted octanol–water partition coefficient (Wildman–Crippen LogP) is 2.76. The molecule has 2 aliphatic heterocycles. The highest BCUT2D eigenvalue weighted by Crippen LogP contribution is 2.66. The zero-order valence-corrected chi connectivity index (χ0v) is 17.0. The minimum Gasteiger partial charge on any atom is -0.432 e. The third kappa shape index (κ3) is 2.02. The summed E-state index contributed by atoms with van der Waals surface area (Å²) in [7, 11) is 0. The van der Waals surface area contributed by atoms with Crippen LogP contribution in [0, 0.1) is 5.92 Å². The number of allylic oxidation sites excluding steroid dienone is 2. The number of rotatable bonds is 1. The first-order chi connectivity index (χ1) is 15.5. The van der Waals surface area contributed by atoms with Crippen LogP contribution in [0.2, 0.25) is 0 Å². The van der Waals surface area contributed by atoms with Gasteiger partial charge in [-0.2, -0.15) is 0 Å². The van der Waals surface area contributed by atoms with Crippen molar-refractivity contribution in [2.24, 2.45) is 11.7 Å². The van der Waals surface area contributed by atoms with E-state index in [9.17, 15) is 14.4 Å². The number of ketones is 1. The highest BCUT2D eigenvalue weighted by atomic mass is 16.4. The molecule has 32 heavy (non-hydrogen) atoms. The summed E-state index contributed by atoms with van der Waals surface area (Å²) in [6.07, 6.45) is 3.15. The van der Waals surface area contributed by atoms with Gasteiger partial charge in [-0.1, -0.05) is 24.3 Å². The molecule has 8 nitrogen and oxygen atoms in total. The van der Waals surface area contributed by atoms with Gasteiger partial charge in [0.2, 0.25) is 0 Å². The molecule has 2 N–H and O–H groups in total. The summed E-state index contributed by atoms with van der Waals surface area (Å²) in [5.41, 5.74) is 10.3. The van der Waals surface area contributed by atoms with Crippen LogP contribution in [0.25, 0.3) is 11.1 Å². The number of benzene rings is 2. The van der Waals surface area contributed by atoms with Crippen LogP contribution in [0.4, 0.5) is 10.5 Å². The number of piperidine rings is 1. The van der Waals surface area contributed by atoms with E-state index in [0.29, 0.717) is 42.2 Å². The van der Waals surface area contributed by atoms with Crippen LogP contribution in [-0.2, 0) is 11.8 Å². The van der Waals surface area contributed by atoms with Crippen LogP contribution in [-0.4, -0.2) is 40.7 Å². The van der Waals surface area contributed by atoms with Crippen molar-refractivity contribution in [2.75, 3.05) is 18.0 Å². The van der Waals surface area contributed by atoms with Gasteiger partial charge in [0.25, 0.3) is 5.89 Å². The van der Waals surface area contributed by atoms with Gasteiger partial charge in [0.05, 0.1) is 5.69 Å². The number of hydrogen-bond acceptors (Lipinski definition) is 5. The summed E-state index contributed by atoms with van der Waals surface area (Å²) in [6, 6.07) is 10.6. The molecule has 2 aromatic carbocycles. The number of amides is 3. The first kappa shape index (κ1) is 17.7. The number of oxazole rings is 1. The quantitative estimate of drug-likeness (QED) is 0.643. The zero-order valence-electron chi connectivity index (χ0n) is 17.0. The number of urea groups is 1. The van der Waals surface area contributed by atoms with Crippen LogP contribution >= 0.6 is 0 Å². The Balaban J connectivity index is 1.28. The van der Waals surface area contributed by atoms with Gasteiger partial charge in [0, 0.05) is 41.4 Å². The number of primary amides is 1. The molecule has 7 rings (SSSR count). The molecule has 1 spiro atoms. The molecule has 1 unspecified atom stereocenters. The molecule has 2 atom stereocenters. The third-order valence-corrected chi connectivity index (χ3v) is 7.41. The molecule has 8 heteroatoms. The normalized spacial score (nSPS) is 24.7. The summed E-state index contributed by atoms with van der Waals surface area (Å²) in [5, 5.41) is 0. The van der Waals surface area contributed by atoms with Crippen molar-refractivity contribution in [3.8, 4) is 0 Å². The Labute approximate surface area is 182 Å². The SMILES string of the molecule is NC(=O)N1CCc2c1ccc1oc(C(=O)N3CC4C[C@@]45C3=CC(=O)c3ccccc35)nc21. The monoisotopic (exact) mass is 426 g/mol. The molecule has 4 aliphatic rings. The second-order valence-electron chi connectivity index (χ2n) is 8.90. The number of nitrogens with two attached hydrogens (primary N) is 1. The van der Waals surface area contributed by atoms with Gasteiger partial charge in [-0.05, 0) is 36.5 Å². The topological polar surface area (TPSA) is 110 Å². The summed E-state index contributed by atoms with van der Waals surface area (Å²) >= 11 is 0. The standard InChI is InChI=1S/C24H18N4O4/c25-23(31)27-8-7-14-16(27)5-6-18-20(14)26-21(32-18)22(30)28-11-12-10-24(12)15-4-2-1-3-13(15)17(29)9-19(24)28/h1-6,9,12H,7-8,10-11H2,(H2,25,31)/t12?,24-/m1/s1. The molecule has 1 saturated heterocycles. The van der Waals surface area contributed by atoms with Crippen LogP contribution in [0.15, 0.2) is 52.6 Å². The molecule has 0 bridgehead atoms. The van der Waals surface area contributed by atoms with Crippen LogP contribution in [0.1, 0.15) is 38.6 Å². The highest BCUT2D eigenvalue weighted by molar-refractivity contribution is 6.10. The molecule has 2 aliphatic carbocycles. The molecule has 1 aromatic heterocycles. The number of nitrogens with zero attached hydrogens (tertiary/aromatic N) is 3. The van der Waals surface area contributed by atoms with E-state index < -0.39 is 6.03 Å². The first-order valence-corrected chi connectivity index (χ1v) is 10.7. The number of hydrogen-bond donors (Lipinski definition) is 1. The van der Waals surface area contributed by atoms with Crippen molar-refractivity contribution >= 4 is 34.5 Å². The smallest absolute Gasteiger partial charge is 0.319 e. The average molecular weight is 426 g/mol. The maximum absolute atomic E-state index is 13.5. The van der Waals surface area contributed by atoms with Crippen molar-refractivity contribution in [1.82, 2.24) is 9.88 Å². The second-order valence-corrected chi connectivity index (χ2v) is 8.90. The molecule has 0 radical (unpaired) electrons. The maximum Gasteiger partial charge on any atom is 0.319 e. The molecule has 3 amide bonds. The Morgan fingerprint density at radius 2 is 2.00 bits per heavy atom. The zero-order chi connectivity index (χ0) is 21.8. The number of likely N-dealkylation sites (tertiary alicyclic amines) is 1. The highest BCUT2D eigenvalue weighted by Gasteiger charge is 2.67. The Bertz CT molecular complexity index is 1440. The summed E-state index contributed by atoms with van der Waals surface area (Å²) in [5.74, 6) is -0.127. The minimum absolute atomic E-state index is 0.00502. The van der Waals surface area contributed by atoms with Gasteiger partial charge in [-0.15, -0.1) is 0 Å². The fourth-order valence-corrected chi connectivity index (χ4v) is 5.90. The van der Waals surface area contributed by atoms with E-state index in [4.69, 9.17) is 10.2 Å². The van der Waals surface area contributed by atoms with Crippen molar-refractivity contribution < 1.29 is 18.8 Å². The number of anilines is 1. The number of fused-ring (bicyclic) bond motifs is 4. The minimum atomic E-state index is -0.515. The van der Waals surface area contributed by atoms with E-state index in [1.807, 2.05) is 24.3 Å². The van der Waals surface area contributed by atoms with Gasteiger partial charge in [0.1, 0.15) is 5.52 Å². The second kappa shape index (κ2) is 5.64. The molecule has 3 heterocycles. The number of carbonyl (C=O) groups is 3. The molecule has 2 fully saturated rings. The Hall–Kier alpha value is -3.94. The van der Waals surface area contributed by atoms with Gasteiger partial charge in [-0.3, -0.25) is 14.5 Å². The fraction of sp³-hybridized carbons (Fsp3) is 0.250. The molecular weight excluding hydrogens is 408 g/mol. The summed E-state index contributed by atoms with van der Waals surface area (Å²) in [6.45, 7) is 1.02. The van der Waals surface area contributed by atoms with Crippen LogP contribution in [0.3, 0.4) is 0 Å². The molecule has 1 saturated carbocycles. The van der Waals surface area contributed by atoms with Gasteiger partial charge in [0.15, 0.2) is 11.4 Å². The Morgan fingerprint density at radius 3 is 2.84 bits per heavy atom. The van der Waals surface area contributed by atoms with Crippen LogP contribution < -0.4 is 10.6 Å². The van der Waals surface area contributed by atoms with Crippen LogP contribution in [0.5, 0.6) is 0 Å². The van der Waals surface area contributed by atoms with E-state index in [2.05, 4.69) is 4.98 Å². The van der Waals surface area contributed by atoms with E-state index in [1.54, 1.807) is 23.1 Å². The molecule has 158 valence electrons. The van der Waals surface area contributed by atoms with E-state index >= 15 is 0 Å². The number of carbonyl (C=O) groups excluding carboxylic acids is 3. The molecule has 3 aromatic rings. The lowest BCUT2D eigenvalue weighted by molar-refractivity contribution is 0.0774. The Kier molecular flexibility index (Phi) is 3.12. The lowest BCUT2D eigenvalue weighted by Gasteiger charge is -2.28. The van der Waals surface area contributed by atoms with Crippen molar-refractivity contribution in [3.63, 3.8) is 0 Å². The lowest BCUT2D eigenvalue weighted by atomic mass is 9.81. The van der Waals surface area contributed by atoms with E-state index in [0.717, 1.165) is 28.8 Å². The first-order valence-electron chi connectivity index (χ1n) is 10.7. The fourth-order valence-electron chi connectivity index (χ4n) is 5.90. The van der Waals surface area contributed by atoms with Gasteiger partial charge in [-0.25, -0.2) is 9.78 Å². The van der Waals surface area contributed by atoms with Gasteiger partial charge < -0.3 is 15.1 Å². The predicted molar refractivity (Wildman–Crippen MR) is 114 cm³/mol. The summed E-state index contributed by atoms with van der Waals surface area (Å²) in [4.78, 5) is 45.6. The third-order valence-electron chi connectivity index (χ3n) is 7.41.